The predicted octanol–water partition coefficient (Wildman–Crippen LogP) is 2.24. The van der Waals surface area contributed by atoms with Crippen LogP contribution in [0.3, 0.4) is 0 Å². The van der Waals surface area contributed by atoms with E-state index in [9.17, 15) is 8.42 Å². The van der Waals surface area contributed by atoms with E-state index in [1.54, 1.807) is 4.31 Å². The minimum Gasteiger partial charge on any atom is -0.326 e. The highest BCUT2D eigenvalue weighted by Gasteiger charge is 2.40. The van der Waals surface area contributed by atoms with E-state index in [0.717, 1.165) is 24.0 Å². The van der Waals surface area contributed by atoms with Crippen LogP contribution in [0, 0.1) is 5.92 Å². The van der Waals surface area contributed by atoms with E-state index < -0.39 is 10.0 Å². The summed E-state index contributed by atoms with van der Waals surface area (Å²) in [5.74, 6) is 0.688. The summed E-state index contributed by atoms with van der Waals surface area (Å²) >= 11 is 0. The second kappa shape index (κ2) is 6.07. The molecule has 1 aromatic carbocycles. The van der Waals surface area contributed by atoms with Crippen LogP contribution >= 0.6 is 0 Å². The number of sulfonamides is 1. The standard InChI is InChI=1S/C16H24N2O2S/c17-11-13-4-1-5-14(10-13)12-21(19,20)18-9-3-7-15-6-2-8-16(15)18/h1,4-5,10,15-16H,2-3,6-9,11-12,17H2. The fourth-order valence-electron chi connectivity index (χ4n) is 3.89. The molecule has 0 aromatic heterocycles. The number of hydrogen-bond acceptors (Lipinski definition) is 3. The van der Waals surface area contributed by atoms with Gasteiger partial charge in [-0.3, -0.25) is 0 Å². The van der Waals surface area contributed by atoms with Crippen molar-refractivity contribution in [1.82, 2.24) is 4.31 Å². The number of benzene rings is 1. The molecule has 1 aliphatic carbocycles. The topological polar surface area (TPSA) is 63.4 Å². The first-order valence-corrected chi connectivity index (χ1v) is 9.48. The van der Waals surface area contributed by atoms with Crippen LogP contribution < -0.4 is 5.73 Å². The van der Waals surface area contributed by atoms with Crippen LogP contribution in [0.4, 0.5) is 0 Å². The molecule has 0 spiro atoms. The molecule has 5 heteroatoms. The number of nitrogens with two attached hydrogens (primary N) is 1. The summed E-state index contributed by atoms with van der Waals surface area (Å²) in [7, 11) is -3.22. The first-order chi connectivity index (χ1) is 10.1. The molecule has 2 aliphatic rings. The van der Waals surface area contributed by atoms with Crippen LogP contribution in [-0.2, 0) is 22.3 Å². The number of piperidine rings is 1. The lowest BCUT2D eigenvalue weighted by molar-refractivity contribution is 0.202. The fraction of sp³-hybridized carbons (Fsp3) is 0.625. The summed E-state index contributed by atoms with van der Waals surface area (Å²) in [5.41, 5.74) is 7.47. The van der Waals surface area contributed by atoms with Crippen molar-refractivity contribution in [3.8, 4) is 0 Å². The third-order valence-electron chi connectivity index (χ3n) is 4.88. The second-order valence-corrected chi connectivity index (χ2v) is 8.21. The second-order valence-electron chi connectivity index (χ2n) is 6.29. The summed E-state index contributed by atoms with van der Waals surface area (Å²) in [5, 5.41) is 0. The molecule has 2 fully saturated rings. The maximum Gasteiger partial charge on any atom is 0.218 e. The van der Waals surface area contributed by atoms with Gasteiger partial charge in [-0.2, -0.15) is 4.31 Å². The quantitative estimate of drug-likeness (QED) is 0.928. The van der Waals surface area contributed by atoms with Crippen molar-refractivity contribution < 1.29 is 8.42 Å². The molecule has 0 radical (unpaired) electrons. The largest absolute Gasteiger partial charge is 0.326 e. The maximum atomic E-state index is 12.8. The van der Waals surface area contributed by atoms with Gasteiger partial charge in [-0.1, -0.05) is 30.7 Å². The third kappa shape index (κ3) is 3.15. The van der Waals surface area contributed by atoms with Gasteiger partial charge < -0.3 is 5.73 Å². The lowest BCUT2D eigenvalue weighted by Gasteiger charge is -2.36. The van der Waals surface area contributed by atoms with E-state index in [1.807, 2.05) is 24.3 Å². The first-order valence-electron chi connectivity index (χ1n) is 7.87. The van der Waals surface area contributed by atoms with Crippen molar-refractivity contribution >= 4 is 10.0 Å². The Labute approximate surface area is 127 Å². The molecule has 3 rings (SSSR count). The van der Waals surface area contributed by atoms with Crippen LogP contribution in [0.5, 0.6) is 0 Å². The third-order valence-corrected chi connectivity index (χ3v) is 6.74. The fourth-order valence-corrected chi connectivity index (χ4v) is 5.76. The summed E-state index contributed by atoms with van der Waals surface area (Å²) in [6.45, 7) is 1.14. The Hall–Kier alpha value is -0.910. The Kier molecular flexibility index (Phi) is 4.33. The van der Waals surface area contributed by atoms with Gasteiger partial charge in [0, 0.05) is 19.1 Å². The molecule has 2 atom stereocenters. The van der Waals surface area contributed by atoms with Crippen LogP contribution in [0.2, 0.25) is 0 Å². The van der Waals surface area contributed by atoms with Crippen LogP contribution in [0.15, 0.2) is 24.3 Å². The van der Waals surface area contributed by atoms with Gasteiger partial charge in [0.25, 0.3) is 0 Å². The molecule has 1 heterocycles. The lowest BCUT2D eigenvalue weighted by Crippen LogP contribution is -2.46. The molecular weight excluding hydrogens is 284 g/mol. The smallest absolute Gasteiger partial charge is 0.218 e. The Morgan fingerprint density at radius 1 is 1.14 bits per heavy atom. The normalized spacial score (nSPS) is 26.7. The Morgan fingerprint density at radius 3 is 2.71 bits per heavy atom. The molecule has 1 saturated carbocycles. The number of rotatable bonds is 4. The van der Waals surface area contributed by atoms with Crippen molar-refractivity contribution in [3.05, 3.63) is 35.4 Å². The monoisotopic (exact) mass is 308 g/mol. The lowest BCUT2D eigenvalue weighted by atomic mass is 9.94. The van der Waals surface area contributed by atoms with Gasteiger partial charge in [0.05, 0.1) is 5.75 Å². The molecule has 0 bridgehead atoms. The molecule has 4 nitrogen and oxygen atoms in total. The van der Waals surface area contributed by atoms with Gasteiger partial charge in [-0.25, -0.2) is 8.42 Å². The summed E-state index contributed by atoms with van der Waals surface area (Å²) in [6, 6.07) is 7.87. The minimum atomic E-state index is -3.22. The zero-order valence-corrected chi connectivity index (χ0v) is 13.2. The summed E-state index contributed by atoms with van der Waals surface area (Å²) in [4.78, 5) is 0. The highest BCUT2D eigenvalue weighted by molar-refractivity contribution is 7.88. The Balaban J connectivity index is 1.79. The number of hydrogen-bond donors (Lipinski definition) is 1. The molecule has 2 unspecified atom stereocenters. The van der Waals surface area contributed by atoms with Crippen molar-refractivity contribution in [3.63, 3.8) is 0 Å². The van der Waals surface area contributed by atoms with Crippen molar-refractivity contribution in [2.75, 3.05) is 6.54 Å². The minimum absolute atomic E-state index is 0.101. The molecule has 1 saturated heterocycles. The molecule has 116 valence electrons. The van der Waals surface area contributed by atoms with Gasteiger partial charge in [-0.05, 0) is 42.7 Å². The van der Waals surface area contributed by atoms with Gasteiger partial charge in [0.15, 0.2) is 0 Å². The van der Waals surface area contributed by atoms with Gasteiger partial charge in [0.1, 0.15) is 0 Å². The van der Waals surface area contributed by atoms with Crippen molar-refractivity contribution in [1.29, 1.82) is 0 Å². The van der Waals surface area contributed by atoms with Crippen LogP contribution in [0.1, 0.15) is 43.2 Å². The SMILES string of the molecule is NCc1cccc(CS(=O)(=O)N2CCCC3CCCC32)c1. The summed E-state index contributed by atoms with van der Waals surface area (Å²) in [6.07, 6.45) is 5.60. The van der Waals surface area contributed by atoms with E-state index in [4.69, 9.17) is 5.73 Å². The van der Waals surface area contributed by atoms with Gasteiger partial charge >= 0.3 is 0 Å². The van der Waals surface area contributed by atoms with E-state index in [0.29, 0.717) is 19.0 Å². The molecule has 1 aliphatic heterocycles. The Bertz CT molecular complexity index is 600. The van der Waals surface area contributed by atoms with Crippen molar-refractivity contribution in [2.45, 2.75) is 50.4 Å². The molecule has 2 N–H and O–H groups in total. The first kappa shape index (κ1) is 15.0. The zero-order valence-electron chi connectivity index (χ0n) is 12.4. The number of nitrogens with zero attached hydrogens (tertiary/aromatic N) is 1. The van der Waals surface area contributed by atoms with E-state index in [2.05, 4.69) is 0 Å². The molecular formula is C16H24N2O2S. The van der Waals surface area contributed by atoms with Crippen LogP contribution in [-0.4, -0.2) is 25.3 Å². The maximum absolute atomic E-state index is 12.8. The molecule has 1 aromatic rings. The van der Waals surface area contributed by atoms with Gasteiger partial charge in [-0.15, -0.1) is 0 Å². The highest BCUT2D eigenvalue weighted by atomic mass is 32.2. The number of fused-ring (bicyclic) bond motifs is 1. The van der Waals surface area contributed by atoms with Crippen LogP contribution in [0.25, 0.3) is 0 Å². The average molecular weight is 308 g/mol. The molecule has 21 heavy (non-hydrogen) atoms. The molecule has 0 amide bonds. The Morgan fingerprint density at radius 2 is 1.90 bits per heavy atom. The average Bonchev–Trinajstić information content (AvgIpc) is 2.95. The van der Waals surface area contributed by atoms with E-state index >= 15 is 0 Å². The zero-order chi connectivity index (χ0) is 14.9. The highest BCUT2D eigenvalue weighted by Crippen LogP contribution is 2.38. The van der Waals surface area contributed by atoms with E-state index in [-0.39, 0.29) is 11.8 Å². The van der Waals surface area contributed by atoms with E-state index in [1.165, 1.54) is 19.3 Å². The predicted molar refractivity (Wildman–Crippen MR) is 84.0 cm³/mol. The summed E-state index contributed by atoms with van der Waals surface area (Å²) < 4.78 is 27.4. The van der Waals surface area contributed by atoms with Crippen molar-refractivity contribution in [2.24, 2.45) is 11.7 Å². The van der Waals surface area contributed by atoms with Gasteiger partial charge in [0.2, 0.25) is 10.0 Å².